The number of hydrogen-bond donors (Lipinski definition) is 2. The number of aromatic nitrogens is 2. The van der Waals surface area contributed by atoms with E-state index in [4.69, 9.17) is 5.73 Å². The Bertz CT molecular complexity index is 826. The van der Waals surface area contributed by atoms with Crippen LogP contribution in [0.3, 0.4) is 0 Å². The lowest BCUT2D eigenvalue weighted by atomic mass is 10.0. The Kier molecular flexibility index (Phi) is 7.92. The van der Waals surface area contributed by atoms with E-state index in [1.165, 1.54) is 18.5 Å². The van der Waals surface area contributed by atoms with E-state index in [9.17, 15) is 0 Å². The van der Waals surface area contributed by atoms with Crippen molar-refractivity contribution in [3.63, 3.8) is 0 Å². The molecule has 0 saturated carbocycles. The lowest BCUT2D eigenvalue weighted by Crippen LogP contribution is -2.43. The van der Waals surface area contributed by atoms with E-state index >= 15 is 0 Å². The highest BCUT2D eigenvalue weighted by atomic mass is 35.5. The number of anilines is 1. The fourth-order valence-corrected chi connectivity index (χ4v) is 3.62. The summed E-state index contributed by atoms with van der Waals surface area (Å²) in [5.41, 5.74) is 10.2. The highest BCUT2D eigenvalue weighted by Crippen LogP contribution is 2.23. The Balaban J connectivity index is 0.00000131. The van der Waals surface area contributed by atoms with Gasteiger partial charge in [-0.2, -0.15) is 0 Å². The molecule has 0 bridgehead atoms. The van der Waals surface area contributed by atoms with Crippen molar-refractivity contribution in [2.24, 2.45) is 5.73 Å². The first-order valence-corrected chi connectivity index (χ1v) is 9.06. The van der Waals surface area contributed by atoms with Crippen LogP contribution in [0.4, 0.5) is 5.69 Å². The highest BCUT2D eigenvalue weighted by molar-refractivity contribution is 5.85. The molecule has 5 nitrogen and oxygen atoms in total. The van der Waals surface area contributed by atoms with Gasteiger partial charge < -0.3 is 16.0 Å². The van der Waals surface area contributed by atoms with Crippen LogP contribution >= 0.6 is 24.8 Å². The molecule has 0 atom stereocenters. The molecule has 0 radical (unpaired) electrons. The fraction of sp³-hybridized carbons (Fsp3) is 0.350. The number of benzene rings is 2. The van der Waals surface area contributed by atoms with Crippen molar-refractivity contribution in [3.05, 3.63) is 54.9 Å². The van der Waals surface area contributed by atoms with Crippen LogP contribution in [0.15, 0.2) is 54.9 Å². The summed E-state index contributed by atoms with van der Waals surface area (Å²) in [6.45, 7) is 3.81. The highest BCUT2D eigenvalue weighted by Gasteiger charge is 2.18. The SMILES string of the molecule is Cl.Cl.NCCNC1CCN(c2ccc(-n3cnc4ccccc43)cc2)CC1. The number of hydrogen-bond acceptors (Lipinski definition) is 4. The zero-order valence-electron chi connectivity index (χ0n) is 15.3. The number of nitrogens with two attached hydrogens (primary N) is 1. The van der Waals surface area contributed by atoms with Crippen molar-refractivity contribution >= 4 is 41.5 Å². The second-order valence-corrected chi connectivity index (χ2v) is 6.62. The number of fused-ring (bicyclic) bond motifs is 1. The Morgan fingerprint density at radius 3 is 2.33 bits per heavy atom. The standard InChI is InChI=1S/C20H25N5.2ClH/c21-11-12-22-16-9-13-24(14-10-16)17-5-7-18(8-6-17)25-15-23-19-3-1-2-4-20(19)25;;/h1-8,15-16,22H,9-14,21H2;2*1H. The number of imidazole rings is 1. The summed E-state index contributed by atoms with van der Waals surface area (Å²) in [5.74, 6) is 0. The van der Waals surface area contributed by atoms with Gasteiger partial charge in [-0.05, 0) is 49.2 Å². The summed E-state index contributed by atoms with van der Waals surface area (Å²) in [5, 5.41) is 3.53. The van der Waals surface area contributed by atoms with Crippen LogP contribution in [0.5, 0.6) is 0 Å². The first kappa shape index (κ1) is 21.5. The zero-order valence-corrected chi connectivity index (χ0v) is 16.9. The van der Waals surface area contributed by atoms with Gasteiger partial charge in [0.2, 0.25) is 0 Å². The van der Waals surface area contributed by atoms with E-state index in [0.29, 0.717) is 12.6 Å². The van der Waals surface area contributed by atoms with Gasteiger partial charge in [-0.25, -0.2) is 4.98 Å². The molecule has 1 saturated heterocycles. The predicted molar refractivity (Wildman–Crippen MR) is 118 cm³/mol. The fourth-order valence-electron chi connectivity index (χ4n) is 3.62. The smallest absolute Gasteiger partial charge is 0.100 e. The largest absolute Gasteiger partial charge is 0.371 e. The van der Waals surface area contributed by atoms with Crippen molar-refractivity contribution in [2.75, 3.05) is 31.1 Å². The molecule has 27 heavy (non-hydrogen) atoms. The van der Waals surface area contributed by atoms with Gasteiger partial charge in [0.15, 0.2) is 0 Å². The molecule has 3 aromatic rings. The minimum Gasteiger partial charge on any atom is -0.371 e. The Hall–Kier alpha value is -1.79. The molecular formula is C20H27Cl2N5. The van der Waals surface area contributed by atoms with Gasteiger partial charge in [-0.3, -0.25) is 4.57 Å². The van der Waals surface area contributed by atoms with Crippen molar-refractivity contribution in [1.29, 1.82) is 0 Å². The van der Waals surface area contributed by atoms with E-state index in [1.807, 2.05) is 18.5 Å². The first-order valence-electron chi connectivity index (χ1n) is 9.06. The number of para-hydroxylation sites is 2. The van der Waals surface area contributed by atoms with Gasteiger partial charge in [0.25, 0.3) is 0 Å². The maximum absolute atomic E-state index is 5.57. The lowest BCUT2D eigenvalue weighted by molar-refractivity contribution is 0.420. The maximum Gasteiger partial charge on any atom is 0.100 e. The summed E-state index contributed by atoms with van der Waals surface area (Å²) < 4.78 is 2.14. The molecule has 2 heterocycles. The Morgan fingerprint density at radius 2 is 1.63 bits per heavy atom. The molecule has 0 amide bonds. The van der Waals surface area contributed by atoms with Crippen LogP contribution in [-0.2, 0) is 0 Å². The lowest BCUT2D eigenvalue weighted by Gasteiger charge is -2.34. The molecule has 1 aliphatic heterocycles. The molecule has 2 aromatic carbocycles. The number of nitrogens with zero attached hydrogens (tertiary/aromatic N) is 3. The molecule has 0 spiro atoms. The van der Waals surface area contributed by atoms with Gasteiger partial charge in [0.1, 0.15) is 6.33 Å². The molecule has 146 valence electrons. The number of piperidine rings is 1. The molecule has 4 rings (SSSR count). The van der Waals surface area contributed by atoms with Crippen LogP contribution in [0.2, 0.25) is 0 Å². The van der Waals surface area contributed by atoms with E-state index < -0.39 is 0 Å². The van der Waals surface area contributed by atoms with E-state index in [2.05, 4.69) is 56.2 Å². The Labute approximate surface area is 172 Å². The van der Waals surface area contributed by atoms with E-state index in [-0.39, 0.29) is 24.8 Å². The van der Waals surface area contributed by atoms with Gasteiger partial charge in [-0.15, -0.1) is 24.8 Å². The van der Waals surface area contributed by atoms with Crippen LogP contribution in [0, 0.1) is 0 Å². The summed E-state index contributed by atoms with van der Waals surface area (Å²) in [6, 6.07) is 17.6. The molecule has 0 unspecified atom stereocenters. The molecule has 0 aliphatic carbocycles. The van der Waals surface area contributed by atoms with Gasteiger partial charge in [-0.1, -0.05) is 12.1 Å². The summed E-state index contributed by atoms with van der Waals surface area (Å²) >= 11 is 0. The van der Waals surface area contributed by atoms with Crippen LogP contribution in [0.25, 0.3) is 16.7 Å². The summed E-state index contributed by atoms with van der Waals surface area (Å²) in [7, 11) is 0. The molecule has 7 heteroatoms. The van der Waals surface area contributed by atoms with E-state index in [0.717, 1.165) is 36.4 Å². The summed E-state index contributed by atoms with van der Waals surface area (Å²) in [6.07, 6.45) is 4.25. The maximum atomic E-state index is 5.57. The monoisotopic (exact) mass is 407 g/mol. The van der Waals surface area contributed by atoms with Gasteiger partial charge >= 0.3 is 0 Å². The predicted octanol–water partition coefficient (Wildman–Crippen LogP) is 3.39. The number of rotatable bonds is 5. The number of halogens is 2. The van der Waals surface area contributed by atoms with Crippen LogP contribution < -0.4 is 16.0 Å². The third-order valence-corrected chi connectivity index (χ3v) is 5.02. The van der Waals surface area contributed by atoms with Crippen LogP contribution in [0.1, 0.15) is 12.8 Å². The molecule has 1 fully saturated rings. The number of nitrogens with one attached hydrogen (secondary N) is 1. The van der Waals surface area contributed by atoms with Gasteiger partial charge in [0, 0.05) is 43.6 Å². The van der Waals surface area contributed by atoms with Crippen molar-refractivity contribution in [1.82, 2.24) is 14.9 Å². The average Bonchev–Trinajstić information content (AvgIpc) is 3.11. The third-order valence-electron chi connectivity index (χ3n) is 5.02. The molecule has 3 N–H and O–H groups in total. The zero-order chi connectivity index (χ0) is 17.1. The average molecular weight is 408 g/mol. The topological polar surface area (TPSA) is 59.1 Å². The van der Waals surface area contributed by atoms with Gasteiger partial charge in [0.05, 0.1) is 11.0 Å². The quantitative estimate of drug-likeness (QED) is 0.680. The second-order valence-electron chi connectivity index (χ2n) is 6.62. The van der Waals surface area contributed by atoms with Crippen molar-refractivity contribution < 1.29 is 0 Å². The Morgan fingerprint density at radius 1 is 0.963 bits per heavy atom. The van der Waals surface area contributed by atoms with Crippen LogP contribution in [-0.4, -0.2) is 41.8 Å². The normalized spacial score (nSPS) is 14.6. The summed E-state index contributed by atoms with van der Waals surface area (Å²) in [4.78, 5) is 6.95. The minimum atomic E-state index is 0. The first-order chi connectivity index (χ1) is 12.3. The molecule has 1 aromatic heterocycles. The molecule has 1 aliphatic rings. The second kappa shape index (κ2) is 9.95. The van der Waals surface area contributed by atoms with Crippen molar-refractivity contribution in [2.45, 2.75) is 18.9 Å². The minimum absolute atomic E-state index is 0. The molecular weight excluding hydrogens is 381 g/mol. The van der Waals surface area contributed by atoms with E-state index in [1.54, 1.807) is 0 Å². The third kappa shape index (κ3) is 4.74. The van der Waals surface area contributed by atoms with Crippen molar-refractivity contribution in [3.8, 4) is 5.69 Å².